The summed E-state index contributed by atoms with van der Waals surface area (Å²) in [5.41, 5.74) is 4.47. The maximum Gasteiger partial charge on any atom is 0.407 e. The van der Waals surface area contributed by atoms with Gasteiger partial charge in [0.1, 0.15) is 12.6 Å². The van der Waals surface area contributed by atoms with Crippen molar-refractivity contribution in [2.75, 3.05) is 19.7 Å². The molecule has 1 atom stereocenters. The predicted octanol–water partition coefficient (Wildman–Crippen LogP) is 5.19. The van der Waals surface area contributed by atoms with Crippen LogP contribution in [0.5, 0.6) is 0 Å². The Morgan fingerprint density at radius 3 is 2.00 bits per heavy atom. The number of rotatable bonds is 13. The highest BCUT2D eigenvalue weighted by molar-refractivity contribution is 5.86. The lowest BCUT2D eigenvalue weighted by atomic mass is 9.98. The largest absolute Gasteiger partial charge is 0.481 e. The molecule has 7 nitrogen and oxygen atoms in total. The molecule has 1 aliphatic rings. The Bertz CT molecular complexity index is 968. The molecule has 3 rings (SSSR count). The molecule has 188 valence electrons. The summed E-state index contributed by atoms with van der Waals surface area (Å²) in [6.45, 7) is 5.42. The van der Waals surface area contributed by atoms with Crippen LogP contribution in [0.3, 0.4) is 0 Å². The van der Waals surface area contributed by atoms with E-state index in [0.717, 1.165) is 47.9 Å². The molecule has 0 aliphatic heterocycles. The lowest BCUT2D eigenvalue weighted by Crippen LogP contribution is -2.49. The van der Waals surface area contributed by atoms with E-state index in [0.29, 0.717) is 13.1 Å². The van der Waals surface area contributed by atoms with Crippen LogP contribution >= 0.6 is 0 Å². The highest BCUT2D eigenvalue weighted by Gasteiger charge is 2.30. The maximum atomic E-state index is 13.3. The van der Waals surface area contributed by atoms with Gasteiger partial charge in [0.15, 0.2) is 0 Å². The van der Waals surface area contributed by atoms with Gasteiger partial charge in [-0.25, -0.2) is 4.79 Å². The molecular formula is C28H36N2O5. The summed E-state index contributed by atoms with van der Waals surface area (Å²) in [5, 5.41) is 11.8. The third kappa shape index (κ3) is 6.84. The monoisotopic (exact) mass is 480 g/mol. The second-order valence-corrected chi connectivity index (χ2v) is 8.99. The van der Waals surface area contributed by atoms with Crippen LogP contribution in [0, 0.1) is 0 Å². The fraction of sp³-hybridized carbons (Fsp3) is 0.464. The van der Waals surface area contributed by atoms with Gasteiger partial charge >= 0.3 is 12.1 Å². The summed E-state index contributed by atoms with van der Waals surface area (Å²) in [5.74, 6) is -1.35. The number of hydrogen-bond acceptors (Lipinski definition) is 4. The Hall–Kier alpha value is -3.35. The molecule has 1 unspecified atom stereocenters. The molecule has 2 aromatic carbocycles. The summed E-state index contributed by atoms with van der Waals surface area (Å²) in [4.78, 5) is 39.0. The van der Waals surface area contributed by atoms with Crippen LogP contribution in [0.1, 0.15) is 69.4 Å². The third-order valence-corrected chi connectivity index (χ3v) is 6.46. The van der Waals surface area contributed by atoms with E-state index in [4.69, 9.17) is 9.84 Å². The van der Waals surface area contributed by atoms with Crippen molar-refractivity contribution in [3.8, 4) is 11.1 Å². The SMILES string of the molecule is CCCCN(CCCC)C(=O)C(CCC(=O)O)NC(=O)OCC1c2ccccc2-c2ccccc21. The van der Waals surface area contributed by atoms with Gasteiger partial charge in [-0.1, -0.05) is 75.2 Å². The van der Waals surface area contributed by atoms with Crippen molar-refractivity contribution in [2.24, 2.45) is 0 Å². The zero-order chi connectivity index (χ0) is 25.2. The van der Waals surface area contributed by atoms with E-state index in [1.165, 1.54) is 0 Å². The molecular weight excluding hydrogens is 444 g/mol. The highest BCUT2D eigenvalue weighted by Crippen LogP contribution is 2.44. The van der Waals surface area contributed by atoms with E-state index in [-0.39, 0.29) is 31.3 Å². The van der Waals surface area contributed by atoms with Crippen molar-refractivity contribution < 1.29 is 24.2 Å². The van der Waals surface area contributed by atoms with Crippen LogP contribution in [-0.2, 0) is 14.3 Å². The summed E-state index contributed by atoms with van der Waals surface area (Å²) in [7, 11) is 0. The topological polar surface area (TPSA) is 95.9 Å². The Labute approximate surface area is 207 Å². The zero-order valence-electron chi connectivity index (χ0n) is 20.7. The molecule has 0 saturated heterocycles. The minimum absolute atomic E-state index is 0.0209. The van der Waals surface area contributed by atoms with E-state index in [1.807, 2.05) is 36.4 Å². The van der Waals surface area contributed by atoms with Crippen molar-refractivity contribution in [1.82, 2.24) is 10.2 Å². The maximum absolute atomic E-state index is 13.3. The first-order chi connectivity index (χ1) is 17.0. The molecule has 0 spiro atoms. The number of nitrogens with zero attached hydrogens (tertiary/aromatic N) is 1. The van der Waals surface area contributed by atoms with Gasteiger partial charge in [0.2, 0.25) is 5.91 Å². The Morgan fingerprint density at radius 1 is 0.943 bits per heavy atom. The van der Waals surface area contributed by atoms with Gasteiger partial charge in [0.25, 0.3) is 0 Å². The minimum atomic E-state index is -1.01. The quantitative estimate of drug-likeness (QED) is 0.411. The number of ether oxygens (including phenoxy) is 1. The fourth-order valence-corrected chi connectivity index (χ4v) is 4.56. The van der Waals surface area contributed by atoms with Crippen molar-refractivity contribution in [3.05, 3.63) is 59.7 Å². The number of alkyl carbamates (subject to hydrolysis) is 1. The minimum Gasteiger partial charge on any atom is -0.481 e. The number of hydrogen-bond donors (Lipinski definition) is 2. The number of benzene rings is 2. The number of carboxylic acid groups (broad SMARTS) is 1. The second-order valence-electron chi connectivity index (χ2n) is 8.99. The van der Waals surface area contributed by atoms with E-state index in [9.17, 15) is 14.4 Å². The molecule has 7 heteroatoms. The van der Waals surface area contributed by atoms with Crippen molar-refractivity contribution in [1.29, 1.82) is 0 Å². The van der Waals surface area contributed by atoms with Crippen LogP contribution in [0.2, 0.25) is 0 Å². The van der Waals surface area contributed by atoms with Crippen LogP contribution in [0.25, 0.3) is 11.1 Å². The molecule has 2 aromatic rings. The molecule has 0 fully saturated rings. The number of aliphatic carboxylic acids is 1. The number of nitrogens with one attached hydrogen (secondary N) is 1. The second kappa shape index (κ2) is 12.9. The van der Waals surface area contributed by atoms with E-state index < -0.39 is 18.1 Å². The third-order valence-electron chi connectivity index (χ3n) is 6.46. The number of carbonyl (C=O) groups excluding carboxylic acids is 2. The van der Waals surface area contributed by atoms with Gasteiger partial charge in [-0.15, -0.1) is 0 Å². The Kier molecular flexibility index (Phi) is 9.70. The van der Waals surface area contributed by atoms with Gasteiger partial charge in [0, 0.05) is 25.4 Å². The first kappa shape index (κ1) is 26.3. The first-order valence-electron chi connectivity index (χ1n) is 12.6. The van der Waals surface area contributed by atoms with Crippen LogP contribution in [0.15, 0.2) is 48.5 Å². The smallest absolute Gasteiger partial charge is 0.407 e. The normalized spacial score (nSPS) is 13.0. The predicted molar refractivity (Wildman–Crippen MR) is 135 cm³/mol. The molecule has 0 radical (unpaired) electrons. The van der Waals surface area contributed by atoms with Crippen molar-refractivity contribution >= 4 is 18.0 Å². The lowest BCUT2D eigenvalue weighted by Gasteiger charge is -2.28. The molecule has 0 aromatic heterocycles. The Balaban J connectivity index is 1.68. The summed E-state index contributed by atoms with van der Waals surface area (Å²) < 4.78 is 5.60. The molecule has 0 heterocycles. The number of fused-ring (bicyclic) bond motifs is 3. The van der Waals surface area contributed by atoms with Crippen LogP contribution in [-0.4, -0.2) is 53.7 Å². The molecule has 1 aliphatic carbocycles. The highest BCUT2D eigenvalue weighted by atomic mass is 16.5. The average molecular weight is 481 g/mol. The van der Waals surface area contributed by atoms with Crippen molar-refractivity contribution in [3.63, 3.8) is 0 Å². The van der Waals surface area contributed by atoms with E-state index >= 15 is 0 Å². The fourth-order valence-electron chi connectivity index (χ4n) is 4.56. The van der Waals surface area contributed by atoms with Crippen LogP contribution in [0.4, 0.5) is 4.79 Å². The molecule has 0 saturated carbocycles. The average Bonchev–Trinajstić information content (AvgIpc) is 3.18. The summed E-state index contributed by atoms with van der Waals surface area (Å²) in [6.07, 6.45) is 2.69. The summed E-state index contributed by atoms with van der Waals surface area (Å²) >= 11 is 0. The first-order valence-corrected chi connectivity index (χ1v) is 12.6. The van der Waals surface area contributed by atoms with Crippen molar-refractivity contribution in [2.45, 2.75) is 64.3 Å². The number of unbranched alkanes of at least 4 members (excludes halogenated alkanes) is 2. The van der Waals surface area contributed by atoms with Gasteiger partial charge in [-0.05, 0) is 41.5 Å². The number of amides is 2. The molecule has 35 heavy (non-hydrogen) atoms. The van der Waals surface area contributed by atoms with Gasteiger partial charge in [0.05, 0.1) is 0 Å². The molecule has 2 amide bonds. The standard InChI is InChI=1S/C28H36N2O5/c1-3-5-17-30(18-6-4-2)27(33)25(15-16-26(31)32)29-28(34)35-19-24-22-13-9-7-11-20(22)21-12-8-10-14-23(21)24/h7-14,24-25H,3-6,15-19H2,1-2H3,(H,29,34)(H,31,32). The van der Waals surface area contributed by atoms with Gasteiger partial charge in [-0.2, -0.15) is 0 Å². The number of carboxylic acids is 1. The number of carbonyl (C=O) groups is 3. The van der Waals surface area contributed by atoms with E-state index in [2.05, 4.69) is 31.3 Å². The van der Waals surface area contributed by atoms with Crippen LogP contribution < -0.4 is 5.32 Å². The lowest BCUT2D eigenvalue weighted by molar-refractivity contribution is -0.138. The van der Waals surface area contributed by atoms with E-state index in [1.54, 1.807) is 4.90 Å². The summed E-state index contributed by atoms with van der Waals surface area (Å²) in [6, 6.07) is 15.2. The van der Waals surface area contributed by atoms with Gasteiger partial charge in [-0.3, -0.25) is 9.59 Å². The molecule has 0 bridgehead atoms. The Morgan fingerprint density at radius 2 is 1.49 bits per heavy atom. The van der Waals surface area contributed by atoms with Gasteiger partial charge < -0.3 is 20.1 Å². The molecule has 2 N–H and O–H groups in total. The zero-order valence-corrected chi connectivity index (χ0v) is 20.7.